The first-order valence-electron chi connectivity index (χ1n) is 6.31. The number of hydrogen-bond donors (Lipinski definition) is 2. The maximum Gasteiger partial charge on any atom is 0.252 e. The van der Waals surface area contributed by atoms with Crippen LogP contribution in [-0.2, 0) is 10.0 Å². The van der Waals surface area contributed by atoms with Crippen LogP contribution in [0.3, 0.4) is 0 Å². The lowest BCUT2D eigenvalue weighted by atomic mass is 9.95. The lowest BCUT2D eigenvalue weighted by Crippen LogP contribution is -2.36. The summed E-state index contributed by atoms with van der Waals surface area (Å²) in [6, 6.07) is 0.207. The van der Waals surface area contributed by atoms with Crippen molar-refractivity contribution >= 4 is 27.3 Å². The second-order valence-electron chi connectivity index (χ2n) is 4.92. The Morgan fingerprint density at radius 2 is 2.00 bits per heavy atom. The van der Waals surface area contributed by atoms with Gasteiger partial charge in [0.1, 0.15) is 4.21 Å². The molecule has 3 N–H and O–H groups in total. The number of sulfonamides is 1. The van der Waals surface area contributed by atoms with E-state index in [1.54, 1.807) is 12.3 Å². The van der Waals surface area contributed by atoms with Crippen molar-refractivity contribution in [1.82, 2.24) is 5.32 Å². The lowest BCUT2D eigenvalue weighted by Gasteiger charge is -2.22. The van der Waals surface area contributed by atoms with Crippen LogP contribution in [0.15, 0.2) is 9.59 Å². The average molecular weight is 302 g/mol. The van der Waals surface area contributed by atoms with Gasteiger partial charge in [-0.2, -0.15) is 0 Å². The molecule has 0 radical (unpaired) electrons. The number of carbonyl (C=O) groups is 1. The van der Waals surface area contributed by atoms with E-state index in [0.29, 0.717) is 11.1 Å². The minimum absolute atomic E-state index is 0.0706. The predicted octanol–water partition coefficient (Wildman–Crippen LogP) is 1.77. The molecule has 0 bridgehead atoms. The second kappa shape index (κ2) is 5.60. The second-order valence-corrected chi connectivity index (χ2v) is 7.55. The van der Waals surface area contributed by atoms with Crippen molar-refractivity contribution < 1.29 is 13.2 Å². The third kappa shape index (κ3) is 3.34. The summed E-state index contributed by atoms with van der Waals surface area (Å²) in [5.74, 6) is -0.199. The number of carbonyl (C=O) groups excluding carboxylic acids is 1. The first-order chi connectivity index (χ1) is 8.89. The van der Waals surface area contributed by atoms with Crippen LogP contribution in [0.5, 0.6) is 0 Å². The maximum absolute atomic E-state index is 12.1. The number of nitrogens with two attached hydrogens (primary N) is 1. The Balaban J connectivity index is 2.13. The first kappa shape index (κ1) is 14.5. The van der Waals surface area contributed by atoms with Gasteiger partial charge in [0.2, 0.25) is 10.0 Å². The van der Waals surface area contributed by atoms with Crippen LogP contribution >= 0.6 is 11.3 Å². The summed E-state index contributed by atoms with van der Waals surface area (Å²) in [5, 5.41) is 9.64. The summed E-state index contributed by atoms with van der Waals surface area (Å²) in [4.78, 5) is 12.1. The van der Waals surface area contributed by atoms with Crippen LogP contribution in [0.4, 0.5) is 0 Å². The number of amides is 1. The Kier molecular flexibility index (Phi) is 4.27. The van der Waals surface area contributed by atoms with Gasteiger partial charge in [-0.3, -0.25) is 4.79 Å². The molecule has 1 heterocycles. The molecule has 1 fully saturated rings. The monoisotopic (exact) mass is 302 g/mol. The molecular formula is C12H18N2O3S2. The largest absolute Gasteiger partial charge is 0.349 e. The van der Waals surface area contributed by atoms with Gasteiger partial charge in [0.25, 0.3) is 5.91 Å². The molecule has 19 heavy (non-hydrogen) atoms. The van der Waals surface area contributed by atoms with Gasteiger partial charge in [0.15, 0.2) is 0 Å². The molecule has 0 aromatic carbocycles. The summed E-state index contributed by atoms with van der Waals surface area (Å²) in [5.41, 5.74) is 0.861. The molecule has 1 aliphatic rings. The Morgan fingerprint density at radius 3 is 2.53 bits per heavy atom. The minimum atomic E-state index is -3.74. The fourth-order valence-electron chi connectivity index (χ4n) is 2.41. The number of nitrogens with one attached hydrogen (secondary N) is 1. The van der Waals surface area contributed by atoms with Crippen molar-refractivity contribution in [2.24, 2.45) is 5.14 Å². The molecule has 1 aromatic heterocycles. The van der Waals surface area contributed by atoms with Gasteiger partial charge in [-0.15, -0.1) is 11.3 Å². The molecule has 0 atom stereocenters. The third-order valence-electron chi connectivity index (χ3n) is 3.44. The zero-order chi connectivity index (χ0) is 14.0. The summed E-state index contributed by atoms with van der Waals surface area (Å²) < 4.78 is 22.7. The molecule has 0 unspecified atom stereocenters. The molecule has 1 aromatic rings. The van der Waals surface area contributed by atoms with E-state index in [1.165, 1.54) is 6.42 Å². The fraction of sp³-hybridized carbons (Fsp3) is 0.583. The van der Waals surface area contributed by atoms with E-state index < -0.39 is 10.0 Å². The smallest absolute Gasteiger partial charge is 0.252 e. The van der Waals surface area contributed by atoms with E-state index >= 15 is 0 Å². The van der Waals surface area contributed by atoms with E-state index in [4.69, 9.17) is 5.14 Å². The van der Waals surface area contributed by atoms with Gasteiger partial charge >= 0.3 is 0 Å². The zero-order valence-corrected chi connectivity index (χ0v) is 12.4. The summed E-state index contributed by atoms with van der Waals surface area (Å²) >= 11 is 1.000. The molecule has 0 spiro atoms. The molecule has 2 rings (SSSR count). The Hall–Kier alpha value is -0.920. The highest BCUT2D eigenvalue weighted by molar-refractivity contribution is 7.91. The molecule has 1 saturated carbocycles. The van der Waals surface area contributed by atoms with Crippen molar-refractivity contribution in [3.63, 3.8) is 0 Å². The normalized spacial score (nSPS) is 17.4. The van der Waals surface area contributed by atoms with E-state index in [0.717, 1.165) is 37.0 Å². The van der Waals surface area contributed by atoms with Crippen LogP contribution < -0.4 is 10.5 Å². The zero-order valence-electron chi connectivity index (χ0n) is 10.8. The van der Waals surface area contributed by atoms with Crippen LogP contribution in [-0.4, -0.2) is 20.4 Å². The highest BCUT2D eigenvalue weighted by atomic mass is 32.2. The maximum atomic E-state index is 12.1. The molecular weight excluding hydrogens is 284 g/mol. The molecule has 5 nitrogen and oxygen atoms in total. The molecule has 0 aliphatic heterocycles. The molecule has 1 aliphatic carbocycles. The molecule has 106 valence electrons. The van der Waals surface area contributed by atoms with Gasteiger partial charge in [0, 0.05) is 11.4 Å². The van der Waals surface area contributed by atoms with Gasteiger partial charge < -0.3 is 5.32 Å². The predicted molar refractivity (Wildman–Crippen MR) is 74.8 cm³/mol. The van der Waals surface area contributed by atoms with Gasteiger partial charge in [-0.25, -0.2) is 13.6 Å². The minimum Gasteiger partial charge on any atom is -0.349 e. The van der Waals surface area contributed by atoms with Gasteiger partial charge in [-0.1, -0.05) is 19.3 Å². The number of thiophene rings is 1. The highest BCUT2D eigenvalue weighted by Crippen LogP contribution is 2.26. The van der Waals surface area contributed by atoms with Crippen LogP contribution in [0.25, 0.3) is 0 Å². The molecule has 7 heteroatoms. The summed E-state index contributed by atoms with van der Waals surface area (Å²) in [6.45, 7) is 1.62. The van der Waals surface area contributed by atoms with E-state index in [-0.39, 0.29) is 16.2 Å². The summed E-state index contributed by atoms with van der Waals surface area (Å²) in [7, 11) is -3.74. The summed E-state index contributed by atoms with van der Waals surface area (Å²) in [6.07, 6.45) is 5.49. The van der Waals surface area contributed by atoms with Crippen LogP contribution in [0, 0.1) is 6.92 Å². The standard InChI is InChI=1S/C12H18N2O3S2/c1-8-10(7-18-12(8)19(13,16)17)11(15)14-9-5-3-2-4-6-9/h7,9H,2-6H2,1H3,(H,14,15)(H2,13,16,17). The first-order valence-corrected chi connectivity index (χ1v) is 8.74. The lowest BCUT2D eigenvalue weighted by molar-refractivity contribution is 0.0927. The Morgan fingerprint density at radius 1 is 1.37 bits per heavy atom. The average Bonchev–Trinajstić information content (AvgIpc) is 2.72. The number of primary sulfonamides is 1. The van der Waals surface area contributed by atoms with Crippen molar-refractivity contribution in [1.29, 1.82) is 0 Å². The third-order valence-corrected chi connectivity index (χ3v) is 6.12. The van der Waals surface area contributed by atoms with Gasteiger partial charge in [0.05, 0.1) is 5.56 Å². The van der Waals surface area contributed by atoms with Crippen molar-refractivity contribution in [2.75, 3.05) is 0 Å². The molecule has 0 saturated heterocycles. The van der Waals surface area contributed by atoms with Crippen LogP contribution in [0.2, 0.25) is 0 Å². The van der Waals surface area contributed by atoms with E-state index in [9.17, 15) is 13.2 Å². The topological polar surface area (TPSA) is 89.3 Å². The van der Waals surface area contributed by atoms with E-state index in [2.05, 4.69) is 5.32 Å². The van der Waals surface area contributed by atoms with Crippen LogP contribution in [0.1, 0.15) is 48.0 Å². The Labute approximate surface area is 117 Å². The van der Waals surface area contributed by atoms with Gasteiger partial charge in [-0.05, 0) is 25.3 Å². The fourth-order valence-corrected chi connectivity index (χ4v) is 4.43. The number of rotatable bonds is 3. The van der Waals surface area contributed by atoms with Crippen molar-refractivity contribution in [3.05, 3.63) is 16.5 Å². The Bertz CT molecular complexity index is 572. The molecule has 1 amide bonds. The van der Waals surface area contributed by atoms with Crippen molar-refractivity contribution in [3.8, 4) is 0 Å². The van der Waals surface area contributed by atoms with E-state index in [1.807, 2.05) is 0 Å². The highest BCUT2D eigenvalue weighted by Gasteiger charge is 2.23. The number of hydrogen-bond acceptors (Lipinski definition) is 4. The van der Waals surface area contributed by atoms with Crippen molar-refractivity contribution in [2.45, 2.75) is 49.3 Å². The quantitative estimate of drug-likeness (QED) is 0.891. The SMILES string of the molecule is Cc1c(C(=O)NC2CCCCC2)csc1S(N)(=O)=O.